The van der Waals surface area contributed by atoms with Crippen molar-refractivity contribution in [2.24, 2.45) is 5.34 Å². The molecule has 0 fully saturated rings. The van der Waals surface area contributed by atoms with Gasteiger partial charge in [-0.1, -0.05) is 0 Å². The van der Waals surface area contributed by atoms with Crippen molar-refractivity contribution in [1.82, 2.24) is 0 Å². The highest BCUT2D eigenvalue weighted by Crippen LogP contribution is 2.14. The maximum atomic E-state index is 12.3. The van der Waals surface area contributed by atoms with E-state index in [1.807, 2.05) is 5.34 Å². The summed E-state index contributed by atoms with van der Waals surface area (Å²) in [4.78, 5) is 13.5. The fraction of sp³-hybridized carbons (Fsp3) is 0. The summed E-state index contributed by atoms with van der Waals surface area (Å²) in [5.41, 5.74) is 0. The van der Waals surface area contributed by atoms with Crippen LogP contribution in [-0.4, -0.2) is 0 Å². The van der Waals surface area contributed by atoms with E-state index in [9.17, 15) is 13.7 Å². The van der Waals surface area contributed by atoms with Gasteiger partial charge >= 0.3 is 0 Å². The number of hydrogen-bond donors (Lipinski definition) is 0. The Morgan fingerprint density at radius 3 is 2.55 bits per heavy atom. The summed E-state index contributed by atoms with van der Waals surface area (Å²) in [5, 5.41) is 2.04. The average Bonchev–Trinajstić information content (AvgIpc) is 1.98. The zero-order chi connectivity index (χ0) is 8.27. The first-order valence-electron chi connectivity index (χ1n) is 2.69. The predicted octanol–water partition coefficient (Wildman–Crippen LogP) is 2.02. The van der Waals surface area contributed by atoms with Gasteiger partial charge < -0.3 is 4.84 Å². The second kappa shape index (κ2) is 3.05. The molecular formula is C6H3F2NO2. The minimum absolute atomic E-state index is 0.126. The van der Waals surface area contributed by atoms with Crippen LogP contribution in [0.2, 0.25) is 0 Å². The molecule has 0 unspecified atom stereocenters. The van der Waals surface area contributed by atoms with Gasteiger partial charge in [-0.3, -0.25) is 0 Å². The smallest absolute Gasteiger partial charge is 0.164 e. The van der Waals surface area contributed by atoms with Gasteiger partial charge in [0, 0.05) is 6.07 Å². The van der Waals surface area contributed by atoms with E-state index in [1.54, 1.807) is 0 Å². The molecule has 3 nitrogen and oxygen atoms in total. The van der Waals surface area contributed by atoms with Crippen LogP contribution in [0.25, 0.3) is 0 Å². The van der Waals surface area contributed by atoms with Crippen molar-refractivity contribution in [3.8, 4) is 5.75 Å². The molecule has 0 saturated heterocycles. The summed E-state index contributed by atoms with van der Waals surface area (Å²) in [5.74, 6) is -2.20. The van der Waals surface area contributed by atoms with Crippen LogP contribution in [0, 0.1) is 16.5 Å². The van der Waals surface area contributed by atoms with E-state index < -0.39 is 11.6 Å². The molecule has 0 aromatic heterocycles. The molecule has 58 valence electrons. The number of nitrogens with zero attached hydrogens (tertiary/aromatic N) is 1. The van der Waals surface area contributed by atoms with E-state index in [2.05, 4.69) is 4.84 Å². The Hall–Kier alpha value is -1.52. The van der Waals surface area contributed by atoms with Crippen LogP contribution in [0.5, 0.6) is 5.75 Å². The van der Waals surface area contributed by atoms with Crippen molar-refractivity contribution in [3.63, 3.8) is 0 Å². The molecule has 0 aliphatic rings. The van der Waals surface area contributed by atoms with Gasteiger partial charge in [0.2, 0.25) is 0 Å². The predicted molar refractivity (Wildman–Crippen MR) is 32.8 cm³/mol. The van der Waals surface area contributed by atoms with Gasteiger partial charge in [-0.15, -0.1) is 4.91 Å². The Kier molecular flexibility index (Phi) is 2.10. The molecule has 1 rings (SSSR count). The third kappa shape index (κ3) is 1.70. The first-order valence-corrected chi connectivity index (χ1v) is 2.69. The van der Waals surface area contributed by atoms with Gasteiger partial charge in [0.25, 0.3) is 0 Å². The lowest BCUT2D eigenvalue weighted by Gasteiger charge is -1.94. The summed E-state index contributed by atoms with van der Waals surface area (Å²) >= 11 is 0. The molecule has 0 atom stereocenters. The molecule has 11 heavy (non-hydrogen) atoms. The second-order valence-electron chi connectivity index (χ2n) is 1.74. The minimum Gasteiger partial charge on any atom is -0.324 e. The summed E-state index contributed by atoms with van der Waals surface area (Å²) in [6, 6.07) is 2.67. The Labute approximate surface area is 60.5 Å². The third-order valence-electron chi connectivity index (χ3n) is 1.03. The summed E-state index contributed by atoms with van der Waals surface area (Å²) in [6.07, 6.45) is 0. The standard InChI is InChI=1S/C6H3F2NO2/c7-5-2-1-4(11-9-10)3-6(5)8/h1-3H. The maximum absolute atomic E-state index is 12.3. The van der Waals surface area contributed by atoms with Gasteiger partial charge in [-0.05, 0) is 12.1 Å². The van der Waals surface area contributed by atoms with Crippen molar-refractivity contribution in [3.05, 3.63) is 34.7 Å². The van der Waals surface area contributed by atoms with E-state index >= 15 is 0 Å². The summed E-state index contributed by atoms with van der Waals surface area (Å²) in [7, 11) is 0. The first kappa shape index (κ1) is 7.59. The SMILES string of the molecule is O=NOc1ccc(F)c(F)c1. The Bertz CT molecular complexity index is 277. The van der Waals surface area contributed by atoms with Crippen molar-refractivity contribution in [2.75, 3.05) is 0 Å². The van der Waals surface area contributed by atoms with Crippen LogP contribution in [0.15, 0.2) is 23.5 Å². The monoisotopic (exact) mass is 159 g/mol. The van der Waals surface area contributed by atoms with Gasteiger partial charge in [-0.25, -0.2) is 8.78 Å². The van der Waals surface area contributed by atoms with Crippen LogP contribution in [0.3, 0.4) is 0 Å². The fourth-order valence-corrected chi connectivity index (χ4v) is 0.577. The molecule has 0 N–H and O–H groups in total. The van der Waals surface area contributed by atoms with Gasteiger partial charge in [0.15, 0.2) is 22.7 Å². The quantitative estimate of drug-likeness (QED) is 0.489. The molecule has 0 bridgehead atoms. The molecule has 5 heteroatoms. The number of benzene rings is 1. The van der Waals surface area contributed by atoms with Crippen molar-refractivity contribution in [1.29, 1.82) is 0 Å². The molecule has 0 spiro atoms. The molecule has 0 radical (unpaired) electrons. The topological polar surface area (TPSA) is 38.7 Å². The van der Waals surface area contributed by atoms with E-state index in [-0.39, 0.29) is 5.75 Å². The number of hydrogen-bond acceptors (Lipinski definition) is 3. The molecule has 0 aliphatic heterocycles. The lowest BCUT2D eigenvalue weighted by Crippen LogP contribution is -1.85. The summed E-state index contributed by atoms with van der Waals surface area (Å²) in [6.45, 7) is 0. The molecule has 0 aliphatic carbocycles. The normalized spacial score (nSPS) is 9.27. The number of halogens is 2. The minimum atomic E-state index is -1.08. The Morgan fingerprint density at radius 2 is 2.00 bits per heavy atom. The number of rotatable bonds is 2. The average molecular weight is 159 g/mol. The lowest BCUT2D eigenvalue weighted by atomic mass is 10.3. The van der Waals surface area contributed by atoms with Gasteiger partial charge in [-0.2, -0.15) is 0 Å². The van der Waals surface area contributed by atoms with Crippen molar-refractivity contribution < 1.29 is 13.6 Å². The Balaban J connectivity index is 2.95. The molecule has 0 heterocycles. The van der Waals surface area contributed by atoms with Crippen LogP contribution in [0.4, 0.5) is 8.78 Å². The molecule has 1 aromatic carbocycles. The Morgan fingerprint density at radius 1 is 1.27 bits per heavy atom. The zero-order valence-corrected chi connectivity index (χ0v) is 5.25. The fourth-order valence-electron chi connectivity index (χ4n) is 0.577. The zero-order valence-electron chi connectivity index (χ0n) is 5.25. The van der Waals surface area contributed by atoms with Crippen molar-refractivity contribution >= 4 is 0 Å². The van der Waals surface area contributed by atoms with Crippen LogP contribution < -0.4 is 4.84 Å². The molecule has 0 saturated carbocycles. The van der Waals surface area contributed by atoms with E-state index in [1.165, 1.54) is 0 Å². The molecular weight excluding hydrogens is 156 g/mol. The summed E-state index contributed by atoms with van der Waals surface area (Å²) < 4.78 is 24.5. The third-order valence-corrected chi connectivity index (χ3v) is 1.03. The molecule has 0 amide bonds. The lowest BCUT2D eigenvalue weighted by molar-refractivity contribution is 0.331. The van der Waals surface area contributed by atoms with Crippen LogP contribution in [-0.2, 0) is 0 Å². The van der Waals surface area contributed by atoms with Crippen molar-refractivity contribution in [2.45, 2.75) is 0 Å². The second-order valence-corrected chi connectivity index (χ2v) is 1.74. The highest BCUT2D eigenvalue weighted by atomic mass is 19.2. The first-order chi connectivity index (χ1) is 5.24. The highest BCUT2D eigenvalue weighted by Gasteiger charge is 2.02. The van der Waals surface area contributed by atoms with Gasteiger partial charge in [0.05, 0.1) is 0 Å². The largest absolute Gasteiger partial charge is 0.324 e. The van der Waals surface area contributed by atoms with E-state index in [0.29, 0.717) is 0 Å². The molecule has 1 aromatic rings. The van der Waals surface area contributed by atoms with Gasteiger partial charge in [0.1, 0.15) is 0 Å². The van der Waals surface area contributed by atoms with E-state index in [0.717, 1.165) is 18.2 Å². The van der Waals surface area contributed by atoms with Crippen LogP contribution in [0.1, 0.15) is 0 Å². The van der Waals surface area contributed by atoms with E-state index in [4.69, 9.17) is 0 Å². The maximum Gasteiger partial charge on any atom is 0.164 e. The van der Waals surface area contributed by atoms with Crippen LogP contribution >= 0.6 is 0 Å². The highest BCUT2D eigenvalue weighted by molar-refractivity contribution is 5.23.